The van der Waals surface area contributed by atoms with Gasteiger partial charge in [0.1, 0.15) is 17.2 Å². The van der Waals surface area contributed by atoms with Crippen LogP contribution in [0.15, 0.2) is 12.5 Å². The van der Waals surface area contributed by atoms with Crippen molar-refractivity contribution in [2.24, 2.45) is 13.0 Å². The molecule has 108 valence electrons. The summed E-state index contributed by atoms with van der Waals surface area (Å²) in [7, 11) is 1.93. The summed E-state index contributed by atoms with van der Waals surface area (Å²) >= 11 is 0. The van der Waals surface area contributed by atoms with Crippen molar-refractivity contribution < 1.29 is 0 Å². The Morgan fingerprint density at radius 2 is 2.24 bits per heavy atom. The van der Waals surface area contributed by atoms with Crippen molar-refractivity contribution in [1.29, 1.82) is 0 Å². The van der Waals surface area contributed by atoms with E-state index in [0.29, 0.717) is 11.9 Å². The molecule has 0 fully saturated rings. The van der Waals surface area contributed by atoms with Crippen LogP contribution in [0.1, 0.15) is 11.6 Å². The Morgan fingerprint density at radius 3 is 3.10 bits per heavy atom. The molecule has 0 bridgehead atoms. The molecular weight excluding hydrogens is 268 g/mol. The highest BCUT2D eigenvalue weighted by molar-refractivity contribution is 5.70. The molecule has 3 aromatic heterocycles. The summed E-state index contributed by atoms with van der Waals surface area (Å²) in [6.07, 6.45) is 4.44. The average Bonchev–Trinajstić information content (AvgIpc) is 3.15. The maximum absolute atomic E-state index is 4.49. The summed E-state index contributed by atoms with van der Waals surface area (Å²) in [5.74, 6) is 3.20. The molecule has 1 atom stereocenters. The Bertz CT molecular complexity index is 802. The van der Waals surface area contributed by atoms with Crippen LogP contribution >= 0.6 is 0 Å². The minimum atomic E-state index is 0.500. The zero-order valence-electron chi connectivity index (χ0n) is 12.0. The molecule has 0 spiro atoms. The normalized spacial score (nSPS) is 17.3. The van der Waals surface area contributed by atoms with Crippen LogP contribution in [0.25, 0.3) is 11.2 Å². The zero-order valence-corrected chi connectivity index (χ0v) is 12.0. The van der Waals surface area contributed by atoms with E-state index in [1.54, 1.807) is 12.5 Å². The van der Waals surface area contributed by atoms with Crippen molar-refractivity contribution in [3.8, 4) is 0 Å². The van der Waals surface area contributed by atoms with Gasteiger partial charge in [0.15, 0.2) is 5.65 Å². The van der Waals surface area contributed by atoms with Crippen LogP contribution in [0, 0.1) is 12.8 Å². The molecule has 1 aliphatic heterocycles. The quantitative estimate of drug-likeness (QED) is 0.755. The summed E-state index contributed by atoms with van der Waals surface area (Å²) in [5, 5.41) is 11.6. The highest BCUT2D eigenvalue weighted by Crippen LogP contribution is 2.20. The summed E-state index contributed by atoms with van der Waals surface area (Å²) in [6.45, 7) is 3.77. The molecule has 0 aromatic carbocycles. The van der Waals surface area contributed by atoms with Crippen LogP contribution in [0.5, 0.6) is 0 Å². The van der Waals surface area contributed by atoms with E-state index in [2.05, 4.69) is 35.0 Å². The first-order valence-electron chi connectivity index (χ1n) is 6.97. The largest absolute Gasteiger partial charge is 0.354 e. The average molecular weight is 284 g/mol. The van der Waals surface area contributed by atoms with Crippen molar-refractivity contribution >= 4 is 17.1 Å². The number of imidazole rings is 1. The van der Waals surface area contributed by atoms with Gasteiger partial charge in [-0.3, -0.25) is 0 Å². The fourth-order valence-electron chi connectivity index (χ4n) is 2.77. The summed E-state index contributed by atoms with van der Waals surface area (Å²) in [6, 6.07) is 0. The minimum absolute atomic E-state index is 0.500. The monoisotopic (exact) mass is 284 g/mol. The number of anilines is 1. The van der Waals surface area contributed by atoms with Crippen LogP contribution in [-0.2, 0) is 20.0 Å². The van der Waals surface area contributed by atoms with E-state index < -0.39 is 0 Å². The van der Waals surface area contributed by atoms with Crippen molar-refractivity contribution in [1.82, 2.24) is 34.3 Å². The van der Waals surface area contributed by atoms with Gasteiger partial charge >= 0.3 is 0 Å². The maximum Gasteiger partial charge on any atom is 0.224 e. The Balaban J connectivity index is 1.46. The molecule has 1 aliphatic rings. The topological polar surface area (TPSA) is 86.3 Å². The predicted octanol–water partition coefficient (Wildman–Crippen LogP) is 0.548. The molecule has 4 rings (SSSR count). The molecule has 8 nitrogen and oxygen atoms in total. The molecule has 0 saturated heterocycles. The lowest BCUT2D eigenvalue weighted by atomic mass is 10.1. The van der Waals surface area contributed by atoms with Crippen molar-refractivity contribution in [3.63, 3.8) is 0 Å². The van der Waals surface area contributed by atoms with Crippen molar-refractivity contribution in [3.05, 3.63) is 24.2 Å². The van der Waals surface area contributed by atoms with E-state index in [-0.39, 0.29) is 0 Å². The van der Waals surface area contributed by atoms with E-state index in [4.69, 9.17) is 0 Å². The zero-order chi connectivity index (χ0) is 14.4. The minimum Gasteiger partial charge on any atom is -0.354 e. The van der Waals surface area contributed by atoms with E-state index in [9.17, 15) is 0 Å². The van der Waals surface area contributed by atoms with Crippen LogP contribution in [0.4, 0.5) is 5.95 Å². The van der Waals surface area contributed by atoms with Crippen molar-refractivity contribution in [2.45, 2.75) is 19.9 Å². The van der Waals surface area contributed by atoms with E-state index >= 15 is 0 Å². The summed E-state index contributed by atoms with van der Waals surface area (Å²) in [5.41, 5.74) is 1.65. The van der Waals surface area contributed by atoms with Gasteiger partial charge < -0.3 is 14.5 Å². The number of hydrogen-bond acceptors (Lipinski definition) is 6. The molecule has 0 radical (unpaired) electrons. The number of rotatable bonds is 3. The summed E-state index contributed by atoms with van der Waals surface area (Å²) in [4.78, 5) is 13.0. The third kappa shape index (κ3) is 2.03. The highest BCUT2D eigenvalue weighted by atomic mass is 15.3. The molecule has 8 heteroatoms. The predicted molar refractivity (Wildman–Crippen MR) is 76.7 cm³/mol. The van der Waals surface area contributed by atoms with Gasteiger partial charge in [-0.15, -0.1) is 10.2 Å². The molecule has 1 N–H and O–H groups in total. The number of fused-ring (bicyclic) bond motifs is 2. The first-order chi connectivity index (χ1) is 10.2. The van der Waals surface area contributed by atoms with E-state index in [0.717, 1.165) is 42.3 Å². The molecular formula is C13H16N8. The molecule has 3 aromatic rings. The van der Waals surface area contributed by atoms with Gasteiger partial charge in [0.25, 0.3) is 0 Å². The van der Waals surface area contributed by atoms with Gasteiger partial charge in [0.2, 0.25) is 5.95 Å². The standard InChI is InChI=1S/C13H16N8/c1-8-18-19-11-3-9(6-21(8)11)4-14-13-15-5-10-12(17-13)20(2)7-16-10/h5,7,9H,3-4,6H2,1-2H3,(H,14,15,17). The van der Waals surface area contributed by atoms with Gasteiger partial charge in [-0.25, -0.2) is 9.97 Å². The number of nitrogens with one attached hydrogen (secondary N) is 1. The van der Waals surface area contributed by atoms with Crippen LogP contribution in [0.2, 0.25) is 0 Å². The van der Waals surface area contributed by atoms with Crippen LogP contribution in [-0.4, -0.2) is 40.8 Å². The first kappa shape index (κ1) is 12.2. The lowest BCUT2D eigenvalue weighted by Crippen LogP contribution is -2.17. The molecule has 0 aliphatic carbocycles. The molecule has 21 heavy (non-hydrogen) atoms. The third-order valence-electron chi connectivity index (χ3n) is 3.93. The Kier molecular flexibility index (Phi) is 2.63. The van der Waals surface area contributed by atoms with Gasteiger partial charge in [-0.05, 0) is 6.92 Å². The lowest BCUT2D eigenvalue weighted by molar-refractivity contribution is 0.526. The van der Waals surface area contributed by atoms with Gasteiger partial charge in [-0.2, -0.15) is 4.98 Å². The van der Waals surface area contributed by atoms with Gasteiger partial charge in [0.05, 0.1) is 12.5 Å². The smallest absolute Gasteiger partial charge is 0.224 e. The second kappa shape index (κ2) is 4.51. The molecule has 0 amide bonds. The Morgan fingerprint density at radius 1 is 1.33 bits per heavy atom. The fourth-order valence-corrected chi connectivity index (χ4v) is 2.77. The molecule has 0 saturated carbocycles. The fraction of sp³-hybridized carbons (Fsp3) is 0.462. The second-order valence-corrected chi connectivity index (χ2v) is 5.48. The number of nitrogens with zero attached hydrogens (tertiary/aromatic N) is 7. The number of aromatic nitrogens is 7. The highest BCUT2D eigenvalue weighted by Gasteiger charge is 2.24. The maximum atomic E-state index is 4.49. The van der Waals surface area contributed by atoms with Gasteiger partial charge in [0, 0.05) is 32.5 Å². The van der Waals surface area contributed by atoms with E-state index in [1.165, 1.54) is 0 Å². The Labute approximate surface area is 121 Å². The molecule has 1 unspecified atom stereocenters. The van der Waals surface area contributed by atoms with Gasteiger partial charge in [-0.1, -0.05) is 0 Å². The lowest BCUT2D eigenvalue weighted by Gasteiger charge is -2.10. The van der Waals surface area contributed by atoms with Crippen LogP contribution in [0.3, 0.4) is 0 Å². The molecule has 4 heterocycles. The number of hydrogen-bond donors (Lipinski definition) is 1. The second-order valence-electron chi connectivity index (χ2n) is 5.48. The van der Waals surface area contributed by atoms with Crippen LogP contribution < -0.4 is 5.32 Å². The Hall–Kier alpha value is -2.51. The summed E-state index contributed by atoms with van der Waals surface area (Å²) < 4.78 is 4.07. The van der Waals surface area contributed by atoms with E-state index in [1.807, 2.05) is 18.5 Å². The number of aryl methyl sites for hydroxylation is 2. The first-order valence-corrected chi connectivity index (χ1v) is 6.97. The SMILES string of the molecule is Cc1nnc2n1CC(CNc1ncc3ncn(C)c3n1)C2. The van der Waals surface area contributed by atoms with Crippen molar-refractivity contribution in [2.75, 3.05) is 11.9 Å². The third-order valence-corrected chi connectivity index (χ3v) is 3.93.